The quantitative estimate of drug-likeness (QED) is 0.912. The summed E-state index contributed by atoms with van der Waals surface area (Å²) in [5.74, 6) is 1.10. The molecule has 0 unspecified atom stereocenters. The van der Waals surface area contributed by atoms with Gasteiger partial charge in [0.15, 0.2) is 5.17 Å². The number of amidine groups is 1. The molecule has 0 bridgehead atoms. The molecule has 0 aliphatic carbocycles. The van der Waals surface area contributed by atoms with Crippen LogP contribution in [0.4, 0.5) is 0 Å². The van der Waals surface area contributed by atoms with Crippen LogP contribution < -0.4 is 4.74 Å². The topological polar surface area (TPSA) is 57.4 Å². The maximum atomic E-state index is 9.48. The van der Waals surface area contributed by atoms with Crippen molar-refractivity contribution in [3.63, 3.8) is 0 Å². The summed E-state index contributed by atoms with van der Waals surface area (Å²) < 4.78 is 5.29. The molecule has 4 rings (SSSR count). The molecular formula is C19H17N3O2S. The molecule has 126 valence electrons. The normalized spacial score (nSPS) is 16.0. The van der Waals surface area contributed by atoms with E-state index in [4.69, 9.17) is 9.84 Å². The third-order valence-electron chi connectivity index (χ3n) is 4.03. The molecule has 0 fully saturated rings. The van der Waals surface area contributed by atoms with Gasteiger partial charge in [-0.1, -0.05) is 23.9 Å². The van der Waals surface area contributed by atoms with Gasteiger partial charge in [0, 0.05) is 17.4 Å². The molecule has 2 aromatic carbocycles. The molecule has 2 heterocycles. The van der Waals surface area contributed by atoms with Crippen LogP contribution >= 0.6 is 11.8 Å². The van der Waals surface area contributed by atoms with Gasteiger partial charge in [0.25, 0.3) is 0 Å². The van der Waals surface area contributed by atoms with Crippen molar-refractivity contribution in [3.8, 4) is 11.5 Å². The van der Waals surface area contributed by atoms with E-state index in [1.165, 1.54) is 0 Å². The minimum absolute atomic E-state index is 0.254. The van der Waals surface area contributed by atoms with Gasteiger partial charge in [-0.05, 0) is 42.0 Å². The van der Waals surface area contributed by atoms with E-state index in [1.54, 1.807) is 31.0 Å². The number of phenolic OH excluding ortho intramolecular Hbond substituents is 1. The largest absolute Gasteiger partial charge is 0.508 e. The minimum Gasteiger partial charge on any atom is -0.508 e. The summed E-state index contributed by atoms with van der Waals surface area (Å²) in [7, 11) is 1.67. The highest BCUT2D eigenvalue weighted by molar-refractivity contribution is 8.16. The number of nitrogens with zero attached hydrogens (tertiary/aromatic N) is 3. The first kappa shape index (κ1) is 15.8. The highest BCUT2D eigenvalue weighted by Crippen LogP contribution is 2.35. The van der Waals surface area contributed by atoms with Crippen molar-refractivity contribution in [1.29, 1.82) is 0 Å². The van der Waals surface area contributed by atoms with Gasteiger partial charge in [0.2, 0.25) is 0 Å². The summed E-state index contributed by atoms with van der Waals surface area (Å²) in [5, 5.41) is 19.1. The van der Waals surface area contributed by atoms with Crippen LogP contribution in [0, 0.1) is 0 Å². The molecule has 2 aliphatic heterocycles. The van der Waals surface area contributed by atoms with Crippen LogP contribution in [0.15, 0.2) is 64.0 Å². The first-order chi connectivity index (χ1) is 12.2. The van der Waals surface area contributed by atoms with Crippen LogP contribution in [-0.4, -0.2) is 34.6 Å². The standard InChI is InChI=1S/C19H17N3O2S/c1-24-17-4-2-3-13(10-17)9-15-11-20-19-22(21-15)18(12-25-19)14-5-7-16(23)8-6-14/h2-8,10,12,23H,9,11H2,1H3. The zero-order valence-corrected chi connectivity index (χ0v) is 14.5. The lowest BCUT2D eigenvalue weighted by Gasteiger charge is -2.22. The lowest BCUT2D eigenvalue weighted by molar-refractivity contribution is 0.414. The number of fused-ring (bicyclic) bond motifs is 1. The maximum absolute atomic E-state index is 9.48. The Hall–Kier alpha value is -2.73. The molecule has 2 aromatic rings. The van der Waals surface area contributed by atoms with Gasteiger partial charge in [0.05, 0.1) is 25.1 Å². The van der Waals surface area contributed by atoms with Gasteiger partial charge < -0.3 is 9.84 Å². The van der Waals surface area contributed by atoms with Gasteiger partial charge in [-0.2, -0.15) is 5.10 Å². The smallest absolute Gasteiger partial charge is 0.189 e. The van der Waals surface area contributed by atoms with Crippen LogP contribution in [0.2, 0.25) is 0 Å². The number of hydrogen-bond donors (Lipinski definition) is 1. The van der Waals surface area contributed by atoms with E-state index in [0.717, 1.165) is 39.9 Å². The molecule has 2 aliphatic rings. The molecule has 0 atom stereocenters. The zero-order valence-electron chi connectivity index (χ0n) is 13.7. The Balaban J connectivity index is 1.57. The second-order valence-corrected chi connectivity index (χ2v) is 6.61. The molecule has 6 heteroatoms. The zero-order chi connectivity index (χ0) is 17.2. The van der Waals surface area contributed by atoms with Crippen molar-refractivity contribution in [2.75, 3.05) is 13.7 Å². The lowest BCUT2D eigenvalue weighted by Crippen LogP contribution is -2.27. The Bertz CT molecular complexity index is 888. The molecule has 1 N–H and O–H groups in total. The molecule has 0 spiro atoms. The Kier molecular flexibility index (Phi) is 4.19. The summed E-state index contributed by atoms with van der Waals surface area (Å²) in [4.78, 5) is 4.65. The Morgan fingerprint density at radius 1 is 1.20 bits per heavy atom. The monoisotopic (exact) mass is 351 g/mol. The third kappa shape index (κ3) is 3.25. The number of methoxy groups -OCH3 is 1. The van der Waals surface area contributed by atoms with Gasteiger partial charge in [-0.15, -0.1) is 0 Å². The van der Waals surface area contributed by atoms with Crippen LogP contribution in [0.5, 0.6) is 11.5 Å². The van der Waals surface area contributed by atoms with E-state index in [-0.39, 0.29) is 5.75 Å². The number of ether oxygens (including phenoxy) is 1. The molecule has 0 saturated carbocycles. The molecule has 0 radical (unpaired) electrons. The average Bonchev–Trinajstić information content (AvgIpc) is 3.06. The average molecular weight is 351 g/mol. The van der Waals surface area contributed by atoms with E-state index in [9.17, 15) is 5.11 Å². The molecule has 0 aromatic heterocycles. The molecule has 25 heavy (non-hydrogen) atoms. The van der Waals surface area contributed by atoms with Gasteiger partial charge in [0.1, 0.15) is 11.5 Å². The van der Waals surface area contributed by atoms with Gasteiger partial charge in [-0.25, -0.2) is 5.01 Å². The van der Waals surface area contributed by atoms with E-state index >= 15 is 0 Å². The van der Waals surface area contributed by atoms with E-state index in [1.807, 2.05) is 40.7 Å². The highest BCUT2D eigenvalue weighted by atomic mass is 32.2. The predicted octanol–water partition coefficient (Wildman–Crippen LogP) is 3.72. The predicted molar refractivity (Wildman–Crippen MR) is 102 cm³/mol. The third-order valence-corrected chi connectivity index (χ3v) is 4.88. The number of benzene rings is 2. The summed E-state index contributed by atoms with van der Waals surface area (Å²) in [6.45, 7) is 0.604. The van der Waals surface area contributed by atoms with Crippen molar-refractivity contribution in [2.24, 2.45) is 10.1 Å². The van der Waals surface area contributed by atoms with Crippen molar-refractivity contribution in [3.05, 3.63) is 65.1 Å². The number of thioether (sulfide) groups is 1. The number of hydrogen-bond acceptors (Lipinski definition) is 6. The van der Waals surface area contributed by atoms with Crippen LogP contribution in [0.25, 0.3) is 5.70 Å². The number of rotatable bonds is 4. The first-order valence-electron chi connectivity index (χ1n) is 7.93. The van der Waals surface area contributed by atoms with Gasteiger partial charge >= 0.3 is 0 Å². The van der Waals surface area contributed by atoms with Crippen molar-refractivity contribution in [2.45, 2.75) is 6.42 Å². The number of aromatic hydroxyl groups is 1. The minimum atomic E-state index is 0.254. The highest BCUT2D eigenvalue weighted by Gasteiger charge is 2.27. The molecular weight excluding hydrogens is 334 g/mol. The molecule has 5 nitrogen and oxygen atoms in total. The summed E-state index contributed by atoms with van der Waals surface area (Å²) in [6, 6.07) is 15.1. The van der Waals surface area contributed by atoms with Crippen LogP contribution in [-0.2, 0) is 6.42 Å². The number of hydrazone groups is 1. The second kappa shape index (κ2) is 6.64. The summed E-state index contributed by atoms with van der Waals surface area (Å²) in [5.41, 5.74) is 4.14. The van der Waals surface area contributed by atoms with Crippen LogP contribution in [0.1, 0.15) is 11.1 Å². The van der Waals surface area contributed by atoms with E-state index in [2.05, 4.69) is 11.1 Å². The maximum Gasteiger partial charge on any atom is 0.189 e. The number of phenols is 1. The Morgan fingerprint density at radius 3 is 2.84 bits per heavy atom. The van der Waals surface area contributed by atoms with Crippen molar-refractivity contribution < 1.29 is 9.84 Å². The van der Waals surface area contributed by atoms with Crippen molar-refractivity contribution >= 4 is 28.3 Å². The van der Waals surface area contributed by atoms with E-state index in [0.29, 0.717) is 6.54 Å². The SMILES string of the molecule is COc1cccc(CC2=NN3C(c4ccc(O)cc4)=CSC3=NC2)c1. The fourth-order valence-electron chi connectivity index (χ4n) is 2.78. The summed E-state index contributed by atoms with van der Waals surface area (Å²) >= 11 is 1.57. The number of aliphatic imine (C=N–C) groups is 1. The molecule has 0 amide bonds. The van der Waals surface area contributed by atoms with Crippen molar-refractivity contribution in [1.82, 2.24) is 5.01 Å². The Labute approximate surface area is 150 Å². The fraction of sp³-hybridized carbons (Fsp3) is 0.158. The molecule has 0 saturated heterocycles. The fourth-order valence-corrected chi connectivity index (χ4v) is 3.61. The van der Waals surface area contributed by atoms with Crippen LogP contribution in [0.3, 0.4) is 0 Å². The first-order valence-corrected chi connectivity index (χ1v) is 8.81. The lowest BCUT2D eigenvalue weighted by atomic mass is 10.1. The van der Waals surface area contributed by atoms with E-state index < -0.39 is 0 Å². The Morgan fingerprint density at radius 2 is 2.04 bits per heavy atom. The summed E-state index contributed by atoms with van der Waals surface area (Å²) in [6.07, 6.45) is 0.734. The van der Waals surface area contributed by atoms with Gasteiger partial charge in [-0.3, -0.25) is 4.99 Å². The second-order valence-electron chi connectivity index (χ2n) is 5.77.